The van der Waals surface area contributed by atoms with Crippen molar-refractivity contribution in [3.63, 3.8) is 0 Å². The van der Waals surface area contributed by atoms with Crippen LogP contribution in [-0.2, 0) is 0 Å². The minimum Gasteiger partial charge on any atom is -0.339 e. The fraction of sp³-hybridized carbons (Fsp3) is 0.300. The van der Waals surface area contributed by atoms with Crippen molar-refractivity contribution in [2.24, 2.45) is 0 Å². The Morgan fingerprint density at radius 1 is 0.917 bits per heavy atom. The van der Waals surface area contributed by atoms with Gasteiger partial charge in [0.05, 0.1) is 0 Å². The number of piperidine rings is 1. The van der Waals surface area contributed by atoms with Crippen LogP contribution >= 0.6 is 0 Å². The number of aryl methyl sites for hydroxylation is 1. The molecule has 2 aromatic carbocycles. The van der Waals surface area contributed by atoms with Gasteiger partial charge in [-0.3, -0.25) is 9.59 Å². The van der Waals surface area contributed by atoms with Crippen LogP contribution in [0.15, 0.2) is 48.5 Å². The van der Waals surface area contributed by atoms with Crippen LogP contribution in [-0.4, -0.2) is 29.8 Å². The van der Waals surface area contributed by atoms with Gasteiger partial charge in [0, 0.05) is 29.9 Å². The first-order valence-electron chi connectivity index (χ1n) is 8.41. The average molecular weight is 322 g/mol. The predicted molar refractivity (Wildman–Crippen MR) is 95.3 cm³/mol. The van der Waals surface area contributed by atoms with Crippen molar-refractivity contribution in [2.45, 2.75) is 26.2 Å². The molecule has 4 heteroatoms. The van der Waals surface area contributed by atoms with Crippen LogP contribution in [0.2, 0.25) is 0 Å². The highest BCUT2D eigenvalue weighted by Crippen LogP contribution is 2.17. The molecule has 24 heavy (non-hydrogen) atoms. The molecule has 2 aromatic rings. The van der Waals surface area contributed by atoms with Crippen molar-refractivity contribution >= 4 is 17.5 Å². The molecule has 1 N–H and O–H groups in total. The predicted octanol–water partition coefficient (Wildman–Crippen LogP) is 3.87. The zero-order chi connectivity index (χ0) is 16.9. The summed E-state index contributed by atoms with van der Waals surface area (Å²) >= 11 is 0. The number of likely N-dealkylation sites (tertiary alicyclic amines) is 1. The molecule has 3 rings (SSSR count). The first-order chi connectivity index (χ1) is 11.6. The van der Waals surface area contributed by atoms with E-state index in [1.54, 1.807) is 24.3 Å². The lowest BCUT2D eigenvalue weighted by Gasteiger charge is -2.26. The van der Waals surface area contributed by atoms with Crippen molar-refractivity contribution in [1.29, 1.82) is 0 Å². The zero-order valence-electron chi connectivity index (χ0n) is 13.9. The molecule has 2 amide bonds. The van der Waals surface area contributed by atoms with Gasteiger partial charge in [0.25, 0.3) is 11.8 Å². The van der Waals surface area contributed by atoms with Gasteiger partial charge in [-0.15, -0.1) is 0 Å². The third-order valence-corrected chi connectivity index (χ3v) is 4.29. The van der Waals surface area contributed by atoms with Gasteiger partial charge in [0.2, 0.25) is 0 Å². The summed E-state index contributed by atoms with van der Waals surface area (Å²) < 4.78 is 0. The van der Waals surface area contributed by atoms with E-state index >= 15 is 0 Å². The first-order valence-corrected chi connectivity index (χ1v) is 8.41. The number of amides is 2. The molecule has 0 spiro atoms. The number of carbonyl (C=O) groups excluding carboxylic acids is 2. The Labute approximate surface area is 142 Å². The number of anilines is 1. The normalized spacial score (nSPS) is 14.3. The lowest BCUT2D eigenvalue weighted by Crippen LogP contribution is -2.35. The summed E-state index contributed by atoms with van der Waals surface area (Å²) in [6, 6.07) is 14.6. The highest BCUT2D eigenvalue weighted by molar-refractivity contribution is 6.05. The summed E-state index contributed by atoms with van der Waals surface area (Å²) in [5, 5.41) is 2.87. The smallest absolute Gasteiger partial charge is 0.255 e. The van der Waals surface area contributed by atoms with E-state index in [9.17, 15) is 9.59 Å². The second-order valence-corrected chi connectivity index (χ2v) is 6.26. The van der Waals surface area contributed by atoms with E-state index in [1.807, 2.05) is 36.1 Å². The van der Waals surface area contributed by atoms with Crippen molar-refractivity contribution in [3.05, 3.63) is 65.2 Å². The highest BCUT2D eigenvalue weighted by Gasteiger charge is 2.18. The Morgan fingerprint density at radius 3 is 2.38 bits per heavy atom. The molecule has 1 aliphatic rings. The molecule has 124 valence electrons. The molecule has 0 atom stereocenters. The summed E-state index contributed by atoms with van der Waals surface area (Å²) in [7, 11) is 0. The number of carbonyl (C=O) groups is 2. The van der Waals surface area contributed by atoms with Crippen molar-refractivity contribution in [1.82, 2.24) is 4.90 Å². The van der Waals surface area contributed by atoms with Crippen LogP contribution < -0.4 is 5.32 Å². The van der Waals surface area contributed by atoms with Crippen LogP contribution in [0, 0.1) is 6.92 Å². The van der Waals surface area contributed by atoms with Crippen LogP contribution in [0.1, 0.15) is 45.5 Å². The van der Waals surface area contributed by atoms with Crippen LogP contribution in [0.5, 0.6) is 0 Å². The maximum atomic E-state index is 12.6. The Kier molecular flexibility index (Phi) is 4.94. The largest absolute Gasteiger partial charge is 0.339 e. The SMILES string of the molecule is Cc1cccc(C(=O)Nc2cccc(C(=O)N3CCCCC3)c2)c1. The summed E-state index contributed by atoms with van der Waals surface area (Å²) in [5.74, 6) is -0.123. The Bertz CT molecular complexity index is 749. The third-order valence-electron chi connectivity index (χ3n) is 4.29. The molecular formula is C20H22N2O2. The summed E-state index contributed by atoms with van der Waals surface area (Å²) in [5.41, 5.74) is 2.92. The van der Waals surface area contributed by atoms with Gasteiger partial charge in [0.15, 0.2) is 0 Å². The molecule has 0 saturated carbocycles. The van der Waals surface area contributed by atoms with Gasteiger partial charge in [-0.1, -0.05) is 23.8 Å². The molecular weight excluding hydrogens is 300 g/mol. The van der Waals surface area contributed by atoms with E-state index in [0.29, 0.717) is 16.8 Å². The van der Waals surface area contributed by atoms with Gasteiger partial charge in [-0.05, 0) is 56.5 Å². The topological polar surface area (TPSA) is 49.4 Å². The standard InChI is InChI=1S/C20H22N2O2/c1-15-7-5-8-16(13-15)19(23)21-18-10-6-9-17(14-18)20(24)22-11-3-2-4-12-22/h5-10,13-14H,2-4,11-12H2,1H3,(H,21,23). The summed E-state index contributed by atoms with van der Waals surface area (Å²) in [6.45, 7) is 3.59. The van der Waals surface area contributed by atoms with Crippen LogP contribution in [0.25, 0.3) is 0 Å². The summed E-state index contributed by atoms with van der Waals surface area (Å²) in [6.07, 6.45) is 3.32. The van der Waals surface area contributed by atoms with Crippen molar-refractivity contribution in [2.75, 3.05) is 18.4 Å². The van der Waals surface area contributed by atoms with Gasteiger partial charge < -0.3 is 10.2 Å². The molecule has 0 bridgehead atoms. The molecule has 4 nitrogen and oxygen atoms in total. The van der Waals surface area contributed by atoms with Crippen molar-refractivity contribution in [3.8, 4) is 0 Å². The lowest BCUT2D eigenvalue weighted by molar-refractivity contribution is 0.0724. The molecule has 1 saturated heterocycles. The van der Waals surface area contributed by atoms with E-state index in [1.165, 1.54) is 6.42 Å². The highest BCUT2D eigenvalue weighted by atomic mass is 16.2. The molecule has 1 fully saturated rings. The van der Waals surface area contributed by atoms with E-state index in [-0.39, 0.29) is 11.8 Å². The van der Waals surface area contributed by atoms with Gasteiger partial charge in [0.1, 0.15) is 0 Å². The fourth-order valence-electron chi connectivity index (χ4n) is 3.00. The summed E-state index contributed by atoms with van der Waals surface area (Å²) in [4.78, 5) is 26.8. The maximum Gasteiger partial charge on any atom is 0.255 e. The number of rotatable bonds is 3. The molecule has 0 aromatic heterocycles. The number of nitrogens with one attached hydrogen (secondary N) is 1. The Balaban J connectivity index is 1.73. The Morgan fingerprint density at radius 2 is 1.62 bits per heavy atom. The average Bonchev–Trinajstić information content (AvgIpc) is 2.62. The van der Waals surface area contributed by atoms with Gasteiger partial charge >= 0.3 is 0 Å². The minimum atomic E-state index is -0.165. The zero-order valence-corrected chi connectivity index (χ0v) is 13.9. The Hall–Kier alpha value is -2.62. The minimum absolute atomic E-state index is 0.0429. The van der Waals surface area contributed by atoms with Crippen molar-refractivity contribution < 1.29 is 9.59 Å². The van der Waals surface area contributed by atoms with E-state index < -0.39 is 0 Å². The van der Waals surface area contributed by atoms with E-state index in [0.717, 1.165) is 31.5 Å². The van der Waals surface area contributed by atoms with Crippen LogP contribution in [0.4, 0.5) is 5.69 Å². The fourth-order valence-corrected chi connectivity index (χ4v) is 3.00. The van der Waals surface area contributed by atoms with Crippen LogP contribution in [0.3, 0.4) is 0 Å². The molecule has 1 aliphatic heterocycles. The number of hydrogen-bond acceptors (Lipinski definition) is 2. The molecule has 0 radical (unpaired) electrons. The third kappa shape index (κ3) is 3.82. The van der Waals surface area contributed by atoms with E-state index in [4.69, 9.17) is 0 Å². The second-order valence-electron chi connectivity index (χ2n) is 6.26. The quantitative estimate of drug-likeness (QED) is 0.932. The van der Waals surface area contributed by atoms with Gasteiger partial charge in [-0.25, -0.2) is 0 Å². The van der Waals surface area contributed by atoms with E-state index in [2.05, 4.69) is 5.32 Å². The second kappa shape index (κ2) is 7.30. The molecule has 1 heterocycles. The molecule has 0 aliphatic carbocycles. The maximum absolute atomic E-state index is 12.6. The number of benzene rings is 2. The molecule has 0 unspecified atom stereocenters. The van der Waals surface area contributed by atoms with Gasteiger partial charge in [-0.2, -0.15) is 0 Å². The first kappa shape index (κ1) is 16.2. The lowest BCUT2D eigenvalue weighted by atomic mass is 10.1. The number of hydrogen-bond donors (Lipinski definition) is 1. The monoisotopic (exact) mass is 322 g/mol. The number of nitrogens with zero attached hydrogens (tertiary/aromatic N) is 1.